The molecule has 0 fully saturated rings. The Morgan fingerprint density at radius 2 is 1.95 bits per heavy atom. The molecule has 0 bridgehead atoms. The second kappa shape index (κ2) is 11.5. The van der Waals surface area contributed by atoms with E-state index in [1.54, 1.807) is 11.3 Å². The average Bonchev–Trinajstić information content (AvgIpc) is 3.18. The number of aryl methyl sites for hydroxylation is 3. The molecular formula is C30H37FN6OS. The van der Waals surface area contributed by atoms with Crippen molar-refractivity contribution in [2.75, 3.05) is 38.3 Å². The first kappa shape index (κ1) is 27.4. The monoisotopic (exact) mass is 548 g/mol. The third-order valence-electron chi connectivity index (χ3n) is 7.16. The third-order valence-corrected chi connectivity index (χ3v) is 8.29. The number of ether oxygens (including phenoxy) is 1. The van der Waals surface area contributed by atoms with Gasteiger partial charge in [-0.05, 0) is 62.6 Å². The molecule has 7 nitrogen and oxygen atoms in total. The molecule has 39 heavy (non-hydrogen) atoms. The number of aromatic nitrogens is 4. The van der Waals surface area contributed by atoms with Crippen molar-refractivity contribution in [3.05, 3.63) is 57.6 Å². The highest BCUT2D eigenvalue weighted by atomic mass is 32.1. The van der Waals surface area contributed by atoms with Gasteiger partial charge in [-0.2, -0.15) is 0 Å². The van der Waals surface area contributed by atoms with Crippen LogP contribution >= 0.6 is 11.3 Å². The second-order valence-corrected chi connectivity index (χ2v) is 11.7. The number of halogens is 1. The Hall–Kier alpha value is -3.17. The van der Waals surface area contributed by atoms with Crippen LogP contribution in [0.25, 0.3) is 21.5 Å². The molecule has 5 rings (SSSR count). The molecule has 3 aromatic heterocycles. The van der Waals surface area contributed by atoms with Crippen molar-refractivity contribution in [3.8, 4) is 16.9 Å². The molecule has 0 aliphatic carbocycles. The Balaban J connectivity index is 1.53. The summed E-state index contributed by atoms with van der Waals surface area (Å²) >= 11 is 1.66. The van der Waals surface area contributed by atoms with Crippen molar-refractivity contribution in [3.63, 3.8) is 0 Å². The SMILES string of the molecule is CCc1nc2cc(-c3cc(C)c4c(c3)CN(c3nc(CN(C)CCF)nc(C)c3C(C)C)CCO4)cnc2s1. The van der Waals surface area contributed by atoms with Gasteiger partial charge in [-0.3, -0.25) is 4.90 Å². The molecule has 0 saturated carbocycles. The van der Waals surface area contributed by atoms with E-state index in [4.69, 9.17) is 24.7 Å². The first-order valence-corrected chi connectivity index (χ1v) is 14.5. The number of alkyl halides is 1. The van der Waals surface area contributed by atoms with E-state index < -0.39 is 0 Å². The summed E-state index contributed by atoms with van der Waals surface area (Å²) in [5.41, 5.74) is 7.45. The summed E-state index contributed by atoms with van der Waals surface area (Å²) < 4.78 is 19.2. The van der Waals surface area contributed by atoms with Gasteiger partial charge in [-0.25, -0.2) is 24.3 Å². The predicted molar refractivity (Wildman–Crippen MR) is 157 cm³/mol. The van der Waals surface area contributed by atoms with Crippen molar-refractivity contribution < 1.29 is 9.13 Å². The summed E-state index contributed by atoms with van der Waals surface area (Å²) in [5, 5.41) is 1.10. The Morgan fingerprint density at radius 1 is 1.13 bits per heavy atom. The van der Waals surface area contributed by atoms with Gasteiger partial charge in [-0.1, -0.05) is 32.1 Å². The van der Waals surface area contributed by atoms with E-state index in [0.29, 0.717) is 38.6 Å². The highest BCUT2D eigenvalue weighted by Gasteiger charge is 2.25. The van der Waals surface area contributed by atoms with Crippen molar-refractivity contribution in [2.24, 2.45) is 0 Å². The van der Waals surface area contributed by atoms with Gasteiger partial charge in [0.25, 0.3) is 0 Å². The lowest BCUT2D eigenvalue weighted by Crippen LogP contribution is -2.29. The fraction of sp³-hybridized carbons (Fsp3) is 0.467. The first-order chi connectivity index (χ1) is 18.8. The summed E-state index contributed by atoms with van der Waals surface area (Å²) in [4.78, 5) is 24.5. The normalized spacial score (nSPS) is 13.7. The number of fused-ring (bicyclic) bond motifs is 2. The van der Waals surface area contributed by atoms with Gasteiger partial charge in [0.05, 0.1) is 18.1 Å². The average molecular weight is 549 g/mol. The number of thiazole rings is 1. The van der Waals surface area contributed by atoms with Crippen LogP contribution < -0.4 is 9.64 Å². The second-order valence-electron chi connectivity index (χ2n) is 10.6. The number of benzene rings is 1. The van der Waals surface area contributed by atoms with Gasteiger partial charge in [0.2, 0.25) is 0 Å². The largest absolute Gasteiger partial charge is 0.491 e. The molecule has 9 heteroatoms. The Morgan fingerprint density at radius 3 is 2.69 bits per heavy atom. The van der Waals surface area contributed by atoms with Gasteiger partial charge in [0.15, 0.2) is 0 Å². The molecule has 0 spiro atoms. The fourth-order valence-corrected chi connectivity index (χ4v) is 6.14. The minimum atomic E-state index is -0.390. The van der Waals surface area contributed by atoms with Crippen molar-refractivity contribution >= 4 is 27.5 Å². The molecule has 0 atom stereocenters. The molecule has 0 amide bonds. The molecule has 0 saturated heterocycles. The molecule has 206 valence electrons. The topological polar surface area (TPSA) is 67.3 Å². The summed E-state index contributed by atoms with van der Waals surface area (Å²) in [5.74, 6) is 2.86. The Kier molecular flexibility index (Phi) is 8.09. The van der Waals surface area contributed by atoms with Gasteiger partial charge in [0.1, 0.15) is 41.0 Å². The zero-order valence-corrected chi connectivity index (χ0v) is 24.5. The lowest BCUT2D eigenvalue weighted by atomic mass is 9.99. The number of hydrogen-bond donors (Lipinski definition) is 0. The van der Waals surface area contributed by atoms with Crippen LogP contribution in [0, 0.1) is 13.8 Å². The summed E-state index contributed by atoms with van der Waals surface area (Å²) in [6.07, 6.45) is 2.86. The number of pyridine rings is 1. The van der Waals surface area contributed by atoms with Crippen molar-refractivity contribution in [1.29, 1.82) is 0 Å². The van der Waals surface area contributed by atoms with Crippen LogP contribution in [-0.2, 0) is 19.5 Å². The minimum Gasteiger partial charge on any atom is -0.491 e. The molecule has 0 radical (unpaired) electrons. The minimum absolute atomic E-state index is 0.262. The van der Waals surface area contributed by atoms with E-state index in [1.807, 2.05) is 18.1 Å². The van der Waals surface area contributed by atoms with Crippen LogP contribution in [0.4, 0.5) is 10.2 Å². The molecule has 1 aliphatic rings. The number of nitrogens with zero attached hydrogens (tertiary/aromatic N) is 6. The van der Waals surface area contributed by atoms with Crippen molar-refractivity contribution in [2.45, 2.75) is 60.0 Å². The molecule has 4 heterocycles. The van der Waals surface area contributed by atoms with E-state index in [9.17, 15) is 4.39 Å². The number of hydrogen-bond acceptors (Lipinski definition) is 8. The highest BCUT2D eigenvalue weighted by molar-refractivity contribution is 7.18. The number of anilines is 1. The zero-order valence-electron chi connectivity index (χ0n) is 23.7. The van der Waals surface area contributed by atoms with Crippen LogP contribution in [0.1, 0.15) is 59.9 Å². The Labute approximate surface area is 234 Å². The molecule has 1 aromatic carbocycles. The zero-order chi connectivity index (χ0) is 27.7. The van der Waals surface area contributed by atoms with E-state index in [2.05, 4.69) is 57.7 Å². The van der Waals surface area contributed by atoms with E-state index >= 15 is 0 Å². The summed E-state index contributed by atoms with van der Waals surface area (Å²) in [7, 11) is 1.90. The van der Waals surface area contributed by atoms with Crippen LogP contribution in [0.5, 0.6) is 5.75 Å². The van der Waals surface area contributed by atoms with E-state index in [-0.39, 0.29) is 12.6 Å². The van der Waals surface area contributed by atoms with Gasteiger partial charge < -0.3 is 9.64 Å². The van der Waals surface area contributed by atoms with Gasteiger partial charge >= 0.3 is 0 Å². The smallest absolute Gasteiger partial charge is 0.144 e. The van der Waals surface area contributed by atoms with Crippen LogP contribution in [0.15, 0.2) is 24.4 Å². The standard InChI is InChI=1S/C30H37FN6OS/c1-7-26-34-24-14-22(15-32-30(24)39-26)21-12-19(4)28-23(13-21)16-37(10-11-38-28)29-27(18(2)3)20(5)33-25(35-29)17-36(6)9-8-31/h12-15,18H,7-11,16-17H2,1-6H3. The van der Waals surface area contributed by atoms with Crippen molar-refractivity contribution in [1.82, 2.24) is 24.8 Å². The third kappa shape index (κ3) is 5.75. The lowest BCUT2D eigenvalue weighted by molar-refractivity contribution is 0.282. The van der Waals surface area contributed by atoms with E-state index in [1.165, 1.54) is 0 Å². The lowest BCUT2D eigenvalue weighted by Gasteiger charge is -2.27. The molecule has 4 aromatic rings. The predicted octanol–water partition coefficient (Wildman–Crippen LogP) is 6.25. The van der Waals surface area contributed by atoms with Crippen LogP contribution in [0.2, 0.25) is 0 Å². The molecular weight excluding hydrogens is 511 g/mol. The summed E-state index contributed by atoms with van der Waals surface area (Å²) in [6.45, 7) is 13.1. The molecule has 1 aliphatic heterocycles. The van der Waals surface area contributed by atoms with Crippen LogP contribution in [0.3, 0.4) is 0 Å². The van der Waals surface area contributed by atoms with E-state index in [0.717, 1.165) is 66.9 Å². The quantitative estimate of drug-likeness (QED) is 0.258. The van der Waals surface area contributed by atoms with Gasteiger partial charge in [0, 0.05) is 41.7 Å². The maximum Gasteiger partial charge on any atom is 0.144 e. The maximum absolute atomic E-state index is 12.9. The number of rotatable bonds is 8. The molecule has 0 N–H and O–H groups in total. The Bertz CT molecular complexity index is 1490. The van der Waals surface area contributed by atoms with Crippen LogP contribution in [-0.4, -0.2) is 58.3 Å². The fourth-order valence-electron chi connectivity index (χ4n) is 5.31. The highest BCUT2D eigenvalue weighted by Crippen LogP contribution is 2.37. The maximum atomic E-state index is 12.9. The molecule has 0 unspecified atom stereocenters. The first-order valence-electron chi connectivity index (χ1n) is 13.7. The van der Waals surface area contributed by atoms with Gasteiger partial charge in [-0.15, -0.1) is 0 Å². The summed E-state index contributed by atoms with van der Waals surface area (Å²) in [6, 6.07) is 6.53.